The van der Waals surface area contributed by atoms with Gasteiger partial charge in [0.15, 0.2) is 0 Å². The van der Waals surface area contributed by atoms with Crippen molar-refractivity contribution in [3.63, 3.8) is 0 Å². The molecule has 3 nitrogen and oxygen atoms in total. The Labute approximate surface area is 84.0 Å². The van der Waals surface area contributed by atoms with Gasteiger partial charge in [-0.25, -0.2) is 5.84 Å². The van der Waals surface area contributed by atoms with Gasteiger partial charge in [-0.15, -0.1) is 0 Å². The number of rotatable bonds is 1. The highest BCUT2D eigenvalue weighted by molar-refractivity contribution is 5.95. The van der Waals surface area contributed by atoms with Crippen LogP contribution in [-0.4, -0.2) is 5.91 Å². The molecule has 82 valence electrons. The first kappa shape index (κ1) is 11.5. The van der Waals surface area contributed by atoms with Gasteiger partial charge in [-0.05, 0) is 19.1 Å². The van der Waals surface area contributed by atoms with Crippen molar-refractivity contribution in [3.8, 4) is 0 Å². The topological polar surface area (TPSA) is 55.1 Å². The normalized spacial score (nSPS) is 11.3. The number of aryl methyl sites for hydroxylation is 1. The fourth-order valence-electron chi connectivity index (χ4n) is 1.17. The first-order valence-corrected chi connectivity index (χ1v) is 4.05. The van der Waals surface area contributed by atoms with Crippen LogP contribution in [0.5, 0.6) is 0 Å². The molecule has 1 aromatic rings. The van der Waals surface area contributed by atoms with Gasteiger partial charge in [-0.2, -0.15) is 13.2 Å². The largest absolute Gasteiger partial charge is 0.417 e. The zero-order valence-electron chi connectivity index (χ0n) is 7.85. The molecule has 1 aromatic carbocycles. The van der Waals surface area contributed by atoms with Crippen LogP contribution in [0.4, 0.5) is 13.2 Å². The average Bonchev–Trinajstić information content (AvgIpc) is 2.15. The summed E-state index contributed by atoms with van der Waals surface area (Å²) >= 11 is 0. The molecule has 0 aliphatic rings. The summed E-state index contributed by atoms with van der Waals surface area (Å²) in [6, 6.07) is 3.42. The van der Waals surface area contributed by atoms with Gasteiger partial charge in [0, 0.05) is 0 Å². The van der Waals surface area contributed by atoms with E-state index in [9.17, 15) is 18.0 Å². The number of hydrogen-bond acceptors (Lipinski definition) is 2. The molecule has 0 aromatic heterocycles. The Balaban J connectivity index is 3.33. The van der Waals surface area contributed by atoms with Gasteiger partial charge < -0.3 is 0 Å². The second-order valence-electron chi connectivity index (χ2n) is 3.02. The van der Waals surface area contributed by atoms with Crippen LogP contribution in [0.25, 0.3) is 0 Å². The quantitative estimate of drug-likeness (QED) is 0.427. The molecule has 0 radical (unpaired) electrons. The van der Waals surface area contributed by atoms with Crippen LogP contribution in [0, 0.1) is 6.92 Å². The molecule has 0 saturated carbocycles. The average molecular weight is 218 g/mol. The number of hydrazine groups is 1. The van der Waals surface area contributed by atoms with E-state index in [2.05, 4.69) is 0 Å². The first-order chi connectivity index (χ1) is 6.86. The second kappa shape index (κ2) is 3.90. The molecule has 6 heteroatoms. The Morgan fingerprint density at radius 3 is 2.47 bits per heavy atom. The number of carbonyl (C=O) groups excluding carboxylic acids is 1. The zero-order valence-corrected chi connectivity index (χ0v) is 7.85. The minimum absolute atomic E-state index is 0.427. The van der Waals surface area contributed by atoms with E-state index in [0.29, 0.717) is 5.56 Å². The van der Waals surface area contributed by atoms with Crippen molar-refractivity contribution in [2.75, 3.05) is 0 Å². The van der Waals surface area contributed by atoms with E-state index in [0.717, 1.165) is 12.1 Å². The molecule has 0 atom stereocenters. The Morgan fingerprint density at radius 1 is 1.40 bits per heavy atom. The molecule has 0 spiro atoms. The highest BCUT2D eigenvalue weighted by atomic mass is 19.4. The molecular weight excluding hydrogens is 209 g/mol. The molecule has 0 aliphatic heterocycles. The molecule has 0 saturated heterocycles. The van der Waals surface area contributed by atoms with Crippen LogP contribution >= 0.6 is 0 Å². The molecule has 0 fully saturated rings. The molecule has 15 heavy (non-hydrogen) atoms. The van der Waals surface area contributed by atoms with Crippen molar-refractivity contribution >= 4 is 5.91 Å². The van der Waals surface area contributed by atoms with Crippen LogP contribution in [0.3, 0.4) is 0 Å². The van der Waals surface area contributed by atoms with E-state index in [1.807, 2.05) is 0 Å². The van der Waals surface area contributed by atoms with Crippen LogP contribution in [0.1, 0.15) is 21.5 Å². The molecule has 1 amide bonds. The van der Waals surface area contributed by atoms with Crippen molar-refractivity contribution in [2.45, 2.75) is 13.1 Å². The summed E-state index contributed by atoms with van der Waals surface area (Å²) in [4.78, 5) is 11.1. The standard InChI is InChI=1S/C9H9F3N2O/c1-5-2-3-6(8(15)14-13)7(4-5)9(10,11)12/h2-4H,13H2,1H3,(H,14,15). The summed E-state index contributed by atoms with van der Waals surface area (Å²) in [5, 5.41) is 0. The maximum atomic E-state index is 12.5. The van der Waals surface area contributed by atoms with E-state index in [1.165, 1.54) is 13.0 Å². The van der Waals surface area contributed by atoms with Crippen molar-refractivity contribution < 1.29 is 18.0 Å². The van der Waals surface area contributed by atoms with Gasteiger partial charge in [0.1, 0.15) is 0 Å². The van der Waals surface area contributed by atoms with Gasteiger partial charge in [0.2, 0.25) is 0 Å². The number of benzene rings is 1. The summed E-state index contributed by atoms with van der Waals surface area (Å²) in [6.45, 7) is 1.51. The number of nitrogen functional groups attached to an aromatic ring is 1. The van der Waals surface area contributed by atoms with E-state index in [-0.39, 0.29) is 0 Å². The third-order valence-corrected chi connectivity index (χ3v) is 1.86. The number of hydrogen-bond donors (Lipinski definition) is 2. The lowest BCUT2D eigenvalue weighted by molar-refractivity contribution is -0.138. The molecule has 0 bridgehead atoms. The number of carbonyl (C=O) groups is 1. The number of nitrogens with two attached hydrogens (primary N) is 1. The van der Waals surface area contributed by atoms with E-state index < -0.39 is 23.2 Å². The monoisotopic (exact) mass is 218 g/mol. The number of amides is 1. The van der Waals surface area contributed by atoms with Crippen molar-refractivity contribution in [2.24, 2.45) is 5.84 Å². The number of alkyl halides is 3. The van der Waals surface area contributed by atoms with Crippen LogP contribution < -0.4 is 11.3 Å². The van der Waals surface area contributed by atoms with E-state index in [4.69, 9.17) is 5.84 Å². The Bertz CT molecular complexity index is 387. The Morgan fingerprint density at radius 2 is 2.00 bits per heavy atom. The SMILES string of the molecule is Cc1ccc(C(=O)NN)c(C(F)(F)F)c1. The van der Waals surface area contributed by atoms with Gasteiger partial charge in [-0.1, -0.05) is 11.6 Å². The second-order valence-corrected chi connectivity index (χ2v) is 3.02. The third kappa shape index (κ3) is 2.47. The predicted octanol–water partition coefficient (Wildman–Crippen LogP) is 1.62. The highest BCUT2D eigenvalue weighted by Gasteiger charge is 2.35. The summed E-state index contributed by atoms with van der Waals surface area (Å²) < 4.78 is 37.5. The van der Waals surface area contributed by atoms with Crippen molar-refractivity contribution in [1.29, 1.82) is 0 Å². The summed E-state index contributed by atoms with van der Waals surface area (Å²) in [5.41, 5.74) is 0.644. The Hall–Kier alpha value is -1.56. The van der Waals surface area contributed by atoms with Crippen molar-refractivity contribution in [1.82, 2.24) is 5.43 Å². The molecule has 0 unspecified atom stereocenters. The van der Waals surface area contributed by atoms with Gasteiger partial charge in [-0.3, -0.25) is 10.2 Å². The summed E-state index contributed by atoms with van der Waals surface area (Å²) in [6.07, 6.45) is -4.56. The lowest BCUT2D eigenvalue weighted by atomic mass is 10.0. The molecule has 0 heterocycles. The maximum absolute atomic E-state index is 12.5. The first-order valence-electron chi connectivity index (χ1n) is 4.05. The zero-order chi connectivity index (χ0) is 11.6. The molecule has 0 aliphatic carbocycles. The third-order valence-electron chi connectivity index (χ3n) is 1.86. The fraction of sp³-hybridized carbons (Fsp3) is 0.222. The minimum atomic E-state index is -4.56. The Kier molecular flexibility index (Phi) is 2.99. The van der Waals surface area contributed by atoms with Crippen LogP contribution in [0.2, 0.25) is 0 Å². The van der Waals surface area contributed by atoms with E-state index >= 15 is 0 Å². The highest BCUT2D eigenvalue weighted by Crippen LogP contribution is 2.32. The number of nitrogens with one attached hydrogen (secondary N) is 1. The van der Waals surface area contributed by atoms with Gasteiger partial charge in [0.05, 0.1) is 11.1 Å². The summed E-state index contributed by atoms with van der Waals surface area (Å²) in [5.74, 6) is 3.83. The minimum Gasteiger partial charge on any atom is -0.290 e. The number of halogens is 3. The van der Waals surface area contributed by atoms with Gasteiger partial charge >= 0.3 is 6.18 Å². The lowest BCUT2D eigenvalue weighted by Gasteiger charge is -2.12. The van der Waals surface area contributed by atoms with Crippen LogP contribution in [-0.2, 0) is 6.18 Å². The van der Waals surface area contributed by atoms with Crippen molar-refractivity contribution in [3.05, 3.63) is 34.9 Å². The molecule has 3 N–H and O–H groups in total. The predicted molar refractivity (Wildman–Crippen MR) is 47.8 cm³/mol. The smallest absolute Gasteiger partial charge is 0.290 e. The maximum Gasteiger partial charge on any atom is 0.417 e. The molecule has 1 rings (SSSR count). The summed E-state index contributed by atoms with van der Waals surface area (Å²) in [7, 11) is 0. The fourth-order valence-corrected chi connectivity index (χ4v) is 1.17. The lowest BCUT2D eigenvalue weighted by Crippen LogP contribution is -2.31. The van der Waals surface area contributed by atoms with Crippen LogP contribution in [0.15, 0.2) is 18.2 Å². The van der Waals surface area contributed by atoms with Gasteiger partial charge in [0.25, 0.3) is 5.91 Å². The molecular formula is C9H9F3N2O. The van der Waals surface area contributed by atoms with E-state index in [1.54, 1.807) is 5.43 Å².